The summed E-state index contributed by atoms with van der Waals surface area (Å²) >= 11 is 0. The summed E-state index contributed by atoms with van der Waals surface area (Å²) in [5, 5.41) is 43.6. The molecule has 322 valence electrons. The Labute approximate surface area is 355 Å². The highest BCUT2D eigenvalue weighted by Gasteiger charge is 2.49. The number of quaternary nitrogens is 4. The van der Waals surface area contributed by atoms with Crippen molar-refractivity contribution in [2.24, 2.45) is 0 Å². The van der Waals surface area contributed by atoms with E-state index >= 15 is 4.79 Å². The number of carbonyl (C=O) groups is 4. The third-order valence-corrected chi connectivity index (χ3v) is 11.5. The molecule has 4 N–H and O–H groups in total. The molecule has 0 saturated heterocycles. The van der Waals surface area contributed by atoms with Gasteiger partial charge in [0.15, 0.2) is 0 Å². The molecule has 0 aliphatic rings. The topological polar surface area (TPSA) is 149 Å². The molecule has 0 aliphatic carbocycles. The molecular formula is C48H66N4O8+4. The molecule has 6 atom stereocenters. The second-order valence-corrected chi connectivity index (χ2v) is 17.2. The van der Waals surface area contributed by atoms with Crippen LogP contribution in [0.5, 0.6) is 0 Å². The number of hydrogen-bond donors (Lipinski definition) is 4. The van der Waals surface area contributed by atoms with E-state index in [1.807, 2.05) is 12.1 Å². The SMILES string of the molecule is CC(O)C[N+](C)(CC[N+](CC[N+](C)(CC(C)O)C(=O)c1ccccc1)(CC[N+](CC(C)O)(CC(C)O)C(=O)c1ccccc1)C(=O)c1ccccc1)C(=O)c1ccccc1. The van der Waals surface area contributed by atoms with E-state index in [1.54, 1.807) is 151 Å². The molecule has 0 saturated carbocycles. The van der Waals surface area contributed by atoms with Crippen molar-refractivity contribution in [2.75, 3.05) is 79.5 Å². The molecule has 0 heterocycles. The van der Waals surface area contributed by atoms with Gasteiger partial charge in [-0.3, -0.25) is 8.97 Å². The number of nitrogens with zero attached hydrogens (tertiary/aromatic N) is 4. The minimum atomic E-state index is -0.966. The fourth-order valence-corrected chi connectivity index (χ4v) is 8.60. The molecule has 12 heteroatoms. The summed E-state index contributed by atoms with van der Waals surface area (Å²) in [7, 11) is 3.49. The zero-order chi connectivity index (χ0) is 44.1. The number of rotatable bonds is 21. The lowest BCUT2D eigenvalue weighted by Crippen LogP contribution is -2.68. The van der Waals surface area contributed by atoms with Crippen LogP contribution in [0.3, 0.4) is 0 Å². The van der Waals surface area contributed by atoms with Crippen LogP contribution in [0.15, 0.2) is 121 Å². The van der Waals surface area contributed by atoms with Gasteiger partial charge in [0.2, 0.25) is 0 Å². The number of likely N-dealkylation sites (N-methyl/N-ethyl adjacent to an activating group) is 2. The Morgan fingerprint density at radius 1 is 0.367 bits per heavy atom. The number of carbonyl (C=O) groups excluding carboxylic acids is 4. The van der Waals surface area contributed by atoms with Crippen molar-refractivity contribution < 1.29 is 57.5 Å². The van der Waals surface area contributed by atoms with Crippen molar-refractivity contribution in [3.63, 3.8) is 0 Å². The Bertz CT molecular complexity index is 1910. The van der Waals surface area contributed by atoms with Crippen molar-refractivity contribution in [1.29, 1.82) is 0 Å². The van der Waals surface area contributed by atoms with Gasteiger partial charge in [-0.1, -0.05) is 72.8 Å². The van der Waals surface area contributed by atoms with Crippen LogP contribution < -0.4 is 0 Å². The van der Waals surface area contributed by atoms with Crippen LogP contribution in [-0.2, 0) is 0 Å². The minimum Gasteiger partial charge on any atom is -0.388 e. The molecule has 12 nitrogen and oxygen atoms in total. The number of hydrogen-bond acceptors (Lipinski definition) is 8. The molecule has 0 aliphatic heterocycles. The largest absolute Gasteiger partial charge is 0.388 e. The lowest BCUT2D eigenvalue weighted by Gasteiger charge is -2.44. The van der Waals surface area contributed by atoms with E-state index in [-0.39, 0.29) is 107 Å². The van der Waals surface area contributed by atoms with Gasteiger partial charge < -0.3 is 20.4 Å². The molecular weight excluding hydrogens is 761 g/mol. The van der Waals surface area contributed by atoms with Crippen LogP contribution in [0.4, 0.5) is 0 Å². The first-order valence-electron chi connectivity index (χ1n) is 20.9. The molecule has 0 spiro atoms. The third-order valence-electron chi connectivity index (χ3n) is 11.5. The van der Waals surface area contributed by atoms with Gasteiger partial charge >= 0.3 is 23.6 Å². The maximum Gasteiger partial charge on any atom is 0.346 e. The van der Waals surface area contributed by atoms with Gasteiger partial charge in [0, 0.05) is 0 Å². The van der Waals surface area contributed by atoms with Crippen LogP contribution in [-0.4, -0.2) is 166 Å². The minimum absolute atomic E-state index is 0.00159. The highest BCUT2D eigenvalue weighted by Crippen LogP contribution is 2.26. The smallest absolute Gasteiger partial charge is 0.346 e. The Hall–Kier alpha value is -4.76. The van der Waals surface area contributed by atoms with Gasteiger partial charge in [0.05, 0.1) is 36.3 Å². The van der Waals surface area contributed by atoms with Crippen molar-refractivity contribution in [3.8, 4) is 0 Å². The summed E-state index contributed by atoms with van der Waals surface area (Å²) in [5.41, 5.74) is 1.66. The number of aliphatic hydroxyl groups is 4. The van der Waals surface area contributed by atoms with E-state index in [9.17, 15) is 34.8 Å². The van der Waals surface area contributed by atoms with E-state index in [0.717, 1.165) is 0 Å². The summed E-state index contributed by atoms with van der Waals surface area (Å²) in [6, 6.07) is 35.1. The van der Waals surface area contributed by atoms with E-state index < -0.39 is 24.4 Å². The average molecular weight is 827 g/mol. The highest BCUT2D eigenvalue weighted by atomic mass is 16.3. The van der Waals surface area contributed by atoms with Gasteiger partial charge in [-0.25, -0.2) is 28.1 Å². The van der Waals surface area contributed by atoms with E-state index in [4.69, 9.17) is 0 Å². The van der Waals surface area contributed by atoms with Gasteiger partial charge in [-0.05, 0) is 76.2 Å². The zero-order valence-corrected chi connectivity index (χ0v) is 36.1. The molecule has 0 aromatic heterocycles. The summed E-state index contributed by atoms with van der Waals surface area (Å²) in [6.45, 7) is 6.69. The summed E-state index contributed by atoms with van der Waals surface area (Å²) in [6.07, 6.45) is -3.69. The predicted octanol–water partition coefficient (Wildman–Crippen LogP) is 4.40. The van der Waals surface area contributed by atoms with Gasteiger partial charge in [0.1, 0.15) is 89.9 Å². The summed E-state index contributed by atoms with van der Waals surface area (Å²) < 4.78 is -1.22. The van der Waals surface area contributed by atoms with E-state index in [1.165, 1.54) is 0 Å². The second kappa shape index (κ2) is 21.2. The lowest BCUT2D eigenvalue weighted by atomic mass is 10.1. The third kappa shape index (κ3) is 12.4. The molecule has 4 aromatic rings. The molecule has 6 unspecified atom stereocenters. The molecule has 0 bridgehead atoms. The molecule has 4 rings (SSSR count). The molecule has 4 amide bonds. The van der Waals surface area contributed by atoms with Gasteiger partial charge in [-0.2, -0.15) is 0 Å². The van der Waals surface area contributed by atoms with Crippen molar-refractivity contribution in [1.82, 2.24) is 0 Å². The standard InChI is InChI=1S/C48H66N4O8/c1-37(53)33-49(5,45(57)41-19-11-7-12-20-41)27-29-51(47(59)43-23-15-9-16-24-43,30-28-50(6,34-38(2)54)46(58)42-21-13-8-14-22-42)31-32-52(35-39(3)55,36-40(4)56)48(60)44-25-17-10-18-26-44/h7-26,37-40,53-56H,27-36H2,1-6H3/q+4. The molecule has 0 radical (unpaired) electrons. The van der Waals surface area contributed by atoms with Gasteiger partial charge in [-0.15, -0.1) is 0 Å². The fraction of sp³-hybridized carbons (Fsp3) is 0.417. The first-order valence-corrected chi connectivity index (χ1v) is 20.9. The molecule has 4 aromatic carbocycles. The maximum absolute atomic E-state index is 15.5. The number of amides is 4. The Kier molecular flexibility index (Phi) is 16.9. The number of aliphatic hydroxyl groups excluding tert-OH is 4. The van der Waals surface area contributed by atoms with Crippen molar-refractivity contribution in [3.05, 3.63) is 144 Å². The van der Waals surface area contributed by atoms with Crippen LogP contribution in [0, 0.1) is 0 Å². The Morgan fingerprint density at radius 2 is 0.600 bits per heavy atom. The van der Waals surface area contributed by atoms with Crippen LogP contribution >= 0.6 is 0 Å². The maximum atomic E-state index is 15.5. The normalized spacial score (nSPS) is 17.7. The van der Waals surface area contributed by atoms with Gasteiger partial charge in [0.25, 0.3) is 0 Å². The summed E-state index contributed by atoms with van der Waals surface area (Å²) in [4.78, 5) is 59.2. The molecule has 60 heavy (non-hydrogen) atoms. The highest BCUT2D eigenvalue weighted by molar-refractivity contribution is 5.91. The first-order chi connectivity index (χ1) is 28.4. The molecule has 0 fully saturated rings. The second-order valence-electron chi connectivity index (χ2n) is 17.2. The zero-order valence-electron chi connectivity index (χ0n) is 36.1. The first kappa shape index (κ1) is 47.9. The van der Waals surface area contributed by atoms with Crippen LogP contribution in [0.25, 0.3) is 0 Å². The quantitative estimate of drug-likeness (QED) is 0.0905. The van der Waals surface area contributed by atoms with Crippen molar-refractivity contribution >= 4 is 23.6 Å². The van der Waals surface area contributed by atoms with E-state index in [0.29, 0.717) is 22.3 Å². The van der Waals surface area contributed by atoms with E-state index in [2.05, 4.69) is 0 Å². The van der Waals surface area contributed by atoms with Crippen LogP contribution in [0.2, 0.25) is 0 Å². The fourth-order valence-electron chi connectivity index (χ4n) is 8.60. The Balaban J connectivity index is 1.96. The lowest BCUT2D eigenvalue weighted by molar-refractivity contribution is -0.940. The van der Waals surface area contributed by atoms with Crippen LogP contribution in [0.1, 0.15) is 69.1 Å². The Morgan fingerprint density at radius 3 is 0.883 bits per heavy atom. The average Bonchev–Trinajstić information content (AvgIpc) is 3.22. The predicted molar refractivity (Wildman–Crippen MR) is 231 cm³/mol. The monoisotopic (exact) mass is 826 g/mol. The van der Waals surface area contributed by atoms with Crippen molar-refractivity contribution in [2.45, 2.75) is 52.1 Å². The number of benzene rings is 4. The summed E-state index contributed by atoms with van der Waals surface area (Å²) in [5.74, 6) is -1.13.